The second kappa shape index (κ2) is 18.8. The van der Waals surface area contributed by atoms with Gasteiger partial charge in [0.1, 0.15) is 6.54 Å². The minimum atomic E-state index is -3.29. The van der Waals surface area contributed by atoms with Crippen LogP contribution in [-0.4, -0.2) is 50.1 Å². The van der Waals surface area contributed by atoms with Crippen LogP contribution >= 0.6 is 0 Å². The molecule has 1 aliphatic heterocycles. The monoisotopic (exact) mass is 539 g/mol. The number of azide groups is 1. The van der Waals surface area contributed by atoms with Crippen molar-refractivity contribution in [3.63, 3.8) is 0 Å². The van der Waals surface area contributed by atoms with Gasteiger partial charge >= 0.3 is 12.1 Å². The molecule has 2 N–H and O–H groups in total. The number of carbonyl (C=O) groups excluding carboxylic acids is 2. The number of nitrogens with one attached hydrogen (secondary N) is 2. The largest absolute Gasteiger partial charge is 0.361 e. The normalized spacial score (nSPS) is 14.7. The van der Waals surface area contributed by atoms with E-state index in [1.807, 2.05) is 60.7 Å². The van der Waals surface area contributed by atoms with Gasteiger partial charge in [0.2, 0.25) is 5.91 Å². The molecule has 1 aliphatic rings. The van der Waals surface area contributed by atoms with E-state index in [-0.39, 0.29) is 30.7 Å². The summed E-state index contributed by atoms with van der Waals surface area (Å²) >= 11 is 0. The first-order chi connectivity index (χ1) is 18.3. The Balaban J connectivity index is 0.000000287. The van der Waals surface area contributed by atoms with Gasteiger partial charge in [-0.2, -0.15) is 13.2 Å². The molecule has 38 heavy (non-hydrogen) atoms. The molecule has 2 aromatic carbocycles. The predicted molar refractivity (Wildman–Crippen MR) is 142 cm³/mol. The van der Waals surface area contributed by atoms with Crippen molar-refractivity contribution in [2.75, 3.05) is 18.9 Å². The third kappa shape index (κ3) is 16.3. The molecule has 0 radical (unpaired) electrons. The van der Waals surface area contributed by atoms with E-state index in [0.29, 0.717) is 19.5 Å². The highest BCUT2D eigenvalue weighted by molar-refractivity contribution is 7.86. The Labute approximate surface area is 221 Å². The van der Waals surface area contributed by atoms with Crippen LogP contribution in [0.25, 0.3) is 16.0 Å². The van der Waals surface area contributed by atoms with Crippen molar-refractivity contribution in [3.8, 4) is 11.8 Å². The fourth-order valence-electron chi connectivity index (χ4n) is 2.69. The summed E-state index contributed by atoms with van der Waals surface area (Å²) in [6.07, 6.45) is 1.33. The Morgan fingerprint density at radius 2 is 1.63 bits per heavy atom. The van der Waals surface area contributed by atoms with Gasteiger partial charge in [-0.25, -0.2) is 0 Å². The molecule has 3 rings (SSSR count). The minimum Gasteiger partial charge on any atom is -0.361 e. The lowest BCUT2D eigenvalue weighted by Gasteiger charge is -2.07. The average molecular weight is 540 g/mol. The molecule has 0 saturated carbocycles. The van der Waals surface area contributed by atoms with Gasteiger partial charge in [0.25, 0.3) is 10.1 Å². The predicted octanol–water partition coefficient (Wildman–Crippen LogP) is 2.59. The van der Waals surface area contributed by atoms with Gasteiger partial charge in [0.05, 0.1) is 12.4 Å². The van der Waals surface area contributed by atoms with Crippen molar-refractivity contribution in [1.29, 1.82) is 0 Å². The van der Waals surface area contributed by atoms with Crippen LogP contribution in [0.4, 0.5) is 0 Å². The van der Waals surface area contributed by atoms with E-state index < -0.39 is 16.0 Å². The second-order valence-electron chi connectivity index (χ2n) is 7.62. The number of benzene rings is 2. The third-order valence-electron chi connectivity index (χ3n) is 4.39. The Morgan fingerprint density at radius 3 is 2.18 bits per heavy atom. The first kappa shape index (κ1) is 31.6. The first-order valence-corrected chi connectivity index (χ1v) is 13.0. The number of hydrogen-bond acceptors (Lipinski definition) is 6. The van der Waals surface area contributed by atoms with Gasteiger partial charge in [-0.1, -0.05) is 78.6 Å². The molecule has 2 aromatic rings. The summed E-state index contributed by atoms with van der Waals surface area (Å²) in [5, 5.41) is 8.33. The van der Waals surface area contributed by atoms with Crippen LogP contribution in [0.15, 0.2) is 65.8 Å². The van der Waals surface area contributed by atoms with Crippen molar-refractivity contribution in [2.24, 2.45) is 11.0 Å². The molecule has 12 nitrogen and oxygen atoms in total. The maximum Gasteiger partial charge on any atom is 0.344 e. The van der Waals surface area contributed by atoms with Gasteiger partial charge < -0.3 is 16.2 Å². The summed E-state index contributed by atoms with van der Waals surface area (Å²) < 4.78 is 26.5. The van der Waals surface area contributed by atoms with Crippen LogP contribution in [0.2, 0.25) is 0 Å². The number of amides is 2. The quantitative estimate of drug-likeness (QED) is 0.136. The zero-order valence-corrected chi connectivity index (χ0v) is 21.7. The number of carbonyl (C=O) groups is 2. The Kier molecular flexibility index (Phi) is 15.6. The van der Waals surface area contributed by atoms with Crippen molar-refractivity contribution >= 4 is 28.1 Å². The van der Waals surface area contributed by atoms with E-state index in [1.54, 1.807) is 6.92 Å². The number of rotatable bonds is 7. The van der Waals surface area contributed by atoms with Crippen LogP contribution in [0.5, 0.6) is 0 Å². The van der Waals surface area contributed by atoms with E-state index >= 15 is 0 Å². The van der Waals surface area contributed by atoms with Gasteiger partial charge in [0, 0.05) is 30.3 Å². The standard InChI is InChI=1S/C9H10N4O.C9H9N3O.C7H10O3S/c10-13-12-7-9(14)11-6-8-4-2-1-3-5-8;10-12-7-9(13)11-6-8-4-2-1-3-5-8;1-7-4-2-3-5-10-11(8,9)6-7/h1-5H,6-7H2,(H,11,14);1-5,7H,6H2,(H,11,13);7H,3,5-6H2,1H3. The molecular formula is C25H29N7O5S. The van der Waals surface area contributed by atoms with E-state index in [0.717, 1.165) is 17.3 Å². The third-order valence-corrected chi connectivity index (χ3v) is 5.82. The van der Waals surface area contributed by atoms with E-state index in [9.17, 15) is 18.0 Å². The molecule has 0 aliphatic carbocycles. The maximum absolute atomic E-state index is 11.0. The van der Waals surface area contributed by atoms with E-state index in [1.165, 1.54) is 0 Å². The first-order valence-electron chi connectivity index (χ1n) is 11.4. The Morgan fingerprint density at radius 1 is 1.05 bits per heavy atom. The minimum absolute atomic E-state index is 0.0139. The average Bonchev–Trinajstić information content (AvgIpc) is 2.90. The van der Waals surface area contributed by atoms with E-state index in [2.05, 4.69) is 41.5 Å². The highest BCUT2D eigenvalue weighted by atomic mass is 32.2. The summed E-state index contributed by atoms with van der Waals surface area (Å²) in [4.78, 5) is 26.9. The molecule has 0 saturated heterocycles. The van der Waals surface area contributed by atoms with Crippen LogP contribution in [0, 0.1) is 17.8 Å². The molecule has 2 amide bonds. The van der Waals surface area contributed by atoms with Gasteiger partial charge in [0.15, 0.2) is 0 Å². The molecule has 1 atom stereocenters. The van der Waals surface area contributed by atoms with Crippen LogP contribution in [-0.2, 0) is 37.0 Å². The lowest BCUT2D eigenvalue weighted by molar-refractivity contribution is -0.120. The SMILES string of the molecule is CC1C#CCCOS(=O)(=O)C1.[N-]=[N+]=CC(=O)NCc1ccccc1.[N-]=[N+]=NCC(=O)NCc1ccccc1. The van der Waals surface area contributed by atoms with Crippen LogP contribution in [0.3, 0.4) is 0 Å². The second-order valence-corrected chi connectivity index (χ2v) is 9.30. The molecule has 13 heteroatoms. The summed E-state index contributed by atoms with van der Waals surface area (Å²) in [7, 11) is -3.29. The van der Waals surface area contributed by atoms with Crippen molar-refractivity contribution < 1.29 is 27.0 Å². The summed E-state index contributed by atoms with van der Waals surface area (Å²) in [6.45, 7) is 2.72. The molecule has 0 spiro atoms. The summed E-state index contributed by atoms with van der Waals surface area (Å²) in [6, 6.07) is 19.0. The number of hydrogen-bond donors (Lipinski definition) is 2. The van der Waals surface area contributed by atoms with Gasteiger partial charge in [-0.05, 0) is 16.7 Å². The van der Waals surface area contributed by atoms with Gasteiger partial charge in [-0.3, -0.25) is 13.8 Å². The van der Waals surface area contributed by atoms with Crippen molar-refractivity contribution in [1.82, 2.24) is 10.6 Å². The number of nitrogens with zero attached hydrogens (tertiary/aromatic N) is 5. The van der Waals surface area contributed by atoms with Crippen molar-refractivity contribution in [2.45, 2.75) is 26.4 Å². The molecular weight excluding hydrogens is 510 g/mol. The molecule has 0 aromatic heterocycles. The van der Waals surface area contributed by atoms with Crippen LogP contribution < -0.4 is 10.6 Å². The summed E-state index contributed by atoms with van der Waals surface area (Å²) in [5.74, 6) is 4.89. The highest BCUT2D eigenvalue weighted by Crippen LogP contribution is 2.05. The fourth-order valence-corrected chi connectivity index (χ4v) is 3.82. The summed E-state index contributed by atoms with van der Waals surface area (Å²) in [5.41, 5.74) is 18.0. The topological polar surface area (TPSA) is 187 Å². The van der Waals surface area contributed by atoms with Crippen LogP contribution in [0.1, 0.15) is 24.5 Å². The molecule has 0 fully saturated rings. The molecule has 1 unspecified atom stereocenters. The Bertz CT molecular complexity index is 1280. The lowest BCUT2D eigenvalue weighted by atomic mass is 10.2. The van der Waals surface area contributed by atoms with Crippen molar-refractivity contribution in [3.05, 3.63) is 87.8 Å². The smallest absolute Gasteiger partial charge is 0.344 e. The Hall–Kier alpha value is -4.46. The van der Waals surface area contributed by atoms with Gasteiger partial charge in [-0.15, -0.1) is 5.92 Å². The lowest BCUT2D eigenvalue weighted by Crippen LogP contribution is -2.24. The fraction of sp³-hybridized carbons (Fsp3) is 0.320. The zero-order valence-electron chi connectivity index (χ0n) is 20.9. The van der Waals surface area contributed by atoms with E-state index in [4.69, 9.17) is 11.1 Å². The zero-order chi connectivity index (χ0) is 28.1. The molecule has 200 valence electrons. The molecule has 1 heterocycles. The maximum atomic E-state index is 11.0. The highest BCUT2D eigenvalue weighted by Gasteiger charge is 2.15. The molecule has 0 bridgehead atoms.